The van der Waals surface area contributed by atoms with Crippen molar-refractivity contribution in [3.05, 3.63) is 66.5 Å². The van der Waals surface area contributed by atoms with Crippen LogP contribution in [-0.2, 0) is 17.6 Å². The molecule has 5 heterocycles. The van der Waals surface area contributed by atoms with Crippen LogP contribution in [0, 0.1) is 13.8 Å². The number of carbonyl (C=O) groups excluding carboxylic acids is 2. The number of aromatic nitrogens is 6. The summed E-state index contributed by atoms with van der Waals surface area (Å²) in [4.78, 5) is 74.8. The van der Waals surface area contributed by atoms with Gasteiger partial charge in [-0.1, -0.05) is 13.8 Å². The van der Waals surface area contributed by atoms with Crippen molar-refractivity contribution in [3.8, 4) is 11.5 Å². The molecule has 62 heavy (non-hydrogen) atoms. The summed E-state index contributed by atoms with van der Waals surface area (Å²) < 4.78 is 21.3. The SMILES string of the molecule is CCc1nc(C)sc1C(=O)Nc1nc2cc(C(=O)O)cc(OC)c2n1C(C)n1c(NC(=O)c2sc(C)nc2CC)nc2cc(C(=O)O)cc(OCCCN3CCCCOCC3)c21. The van der Waals surface area contributed by atoms with Crippen LogP contribution in [0.3, 0.4) is 0 Å². The van der Waals surface area contributed by atoms with Gasteiger partial charge in [0.15, 0.2) is 0 Å². The van der Waals surface area contributed by atoms with Gasteiger partial charge in [-0.05, 0) is 83.7 Å². The Labute approximate surface area is 364 Å². The minimum atomic E-state index is -1.21. The van der Waals surface area contributed by atoms with Gasteiger partial charge in [0.05, 0.1) is 63.9 Å². The van der Waals surface area contributed by atoms with Gasteiger partial charge in [0.2, 0.25) is 11.9 Å². The lowest BCUT2D eigenvalue weighted by atomic mass is 10.1. The minimum Gasteiger partial charge on any atom is -0.494 e. The maximum atomic E-state index is 14.2. The molecule has 1 aliphatic rings. The average molecular weight is 888 g/mol. The van der Waals surface area contributed by atoms with Crippen molar-refractivity contribution in [2.75, 3.05) is 57.2 Å². The van der Waals surface area contributed by atoms with Gasteiger partial charge < -0.3 is 29.3 Å². The van der Waals surface area contributed by atoms with Crippen molar-refractivity contribution in [2.24, 2.45) is 0 Å². The van der Waals surface area contributed by atoms with Gasteiger partial charge in [-0.15, -0.1) is 22.7 Å². The first-order valence-electron chi connectivity index (χ1n) is 20.4. The minimum absolute atomic E-state index is 0.0266. The van der Waals surface area contributed by atoms with Crippen molar-refractivity contribution >= 4 is 80.4 Å². The second-order valence-electron chi connectivity index (χ2n) is 14.7. The van der Waals surface area contributed by atoms with E-state index >= 15 is 0 Å². The summed E-state index contributed by atoms with van der Waals surface area (Å²) in [5.41, 5.74) is 2.12. The molecule has 1 aliphatic heterocycles. The van der Waals surface area contributed by atoms with Crippen LogP contribution >= 0.6 is 22.7 Å². The van der Waals surface area contributed by atoms with Gasteiger partial charge in [0.1, 0.15) is 38.5 Å². The molecule has 0 spiro atoms. The molecule has 6 aromatic rings. The molecule has 4 N–H and O–H groups in total. The number of amides is 2. The summed E-state index contributed by atoms with van der Waals surface area (Å²) in [5.74, 6) is -2.97. The molecular weight excluding hydrogens is 839 g/mol. The number of carbonyl (C=O) groups is 4. The molecule has 18 nitrogen and oxygen atoms in total. The van der Waals surface area contributed by atoms with Gasteiger partial charge >= 0.3 is 11.9 Å². The monoisotopic (exact) mass is 887 g/mol. The number of fused-ring (bicyclic) bond motifs is 2. The number of anilines is 2. The van der Waals surface area contributed by atoms with Crippen LogP contribution in [0.15, 0.2) is 24.3 Å². The summed E-state index contributed by atoms with van der Waals surface area (Å²) in [5, 5.41) is 27.6. The van der Waals surface area contributed by atoms with Gasteiger partial charge in [-0.2, -0.15) is 0 Å². The molecule has 0 radical (unpaired) electrons. The van der Waals surface area contributed by atoms with Gasteiger partial charge in [0, 0.05) is 19.7 Å². The fourth-order valence-electron chi connectivity index (χ4n) is 7.65. The van der Waals surface area contributed by atoms with Crippen molar-refractivity contribution in [1.29, 1.82) is 0 Å². The largest absolute Gasteiger partial charge is 0.494 e. The Morgan fingerprint density at radius 2 is 1.31 bits per heavy atom. The number of rotatable bonds is 16. The molecule has 2 amide bonds. The van der Waals surface area contributed by atoms with E-state index in [2.05, 4.69) is 25.5 Å². The number of benzene rings is 2. The first-order valence-corrected chi connectivity index (χ1v) is 22.1. The predicted molar refractivity (Wildman–Crippen MR) is 235 cm³/mol. The maximum Gasteiger partial charge on any atom is 0.335 e. The fourth-order valence-corrected chi connectivity index (χ4v) is 9.46. The zero-order valence-electron chi connectivity index (χ0n) is 35.4. The summed E-state index contributed by atoms with van der Waals surface area (Å²) in [6.07, 6.45) is 2.70. The summed E-state index contributed by atoms with van der Waals surface area (Å²) in [6.45, 7) is 13.3. The lowest BCUT2D eigenvalue weighted by molar-refractivity contribution is 0.0686. The summed E-state index contributed by atoms with van der Waals surface area (Å²) in [6, 6.07) is 5.58. The molecule has 4 aromatic heterocycles. The third kappa shape index (κ3) is 9.13. The smallest absolute Gasteiger partial charge is 0.335 e. The quantitative estimate of drug-likeness (QED) is 0.0726. The third-order valence-electron chi connectivity index (χ3n) is 10.5. The van der Waals surface area contributed by atoms with Gasteiger partial charge in [0.25, 0.3) is 11.8 Å². The lowest BCUT2D eigenvalue weighted by Gasteiger charge is -2.25. The molecule has 1 atom stereocenters. The Kier molecular flexibility index (Phi) is 13.5. The van der Waals surface area contributed by atoms with E-state index in [4.69, 9.17) is 24.2 Å². The number of thiazole rings is 2. The van der Waals surface area contributed by atoms with E-state index in [1.807, 2.05) is 27.7 Å². The normalized spacial score (nSPS) is 14.1. The first kappa shape index (κ1) is 44.1. The van der Waals surface area contributed by atoms with Crippen molar-refractivity contribution in [2.45, 2.75) is 72.9 Å². The number of methoxy groups -OCH3 is 1. The molecule has 328 valence electrons. The molecule has 0 aliphatic carbocycles. The number of imidazole rings is 2. The van der Waals surface area contributed by atoms with Crippen LogP contribution in [0.1, 0.15) is 108 Å². The van der Waals surface area contributed by atoms with E-state index in [1.54, 1.807) is 16.1 Å². The van der Waals surface area contributed by atoms with Crippen LogP contribution in [0.2, 0.25) is 0 Å². The molecule has 20 heteroatoms. The molecule has 1 saturated heterocycles. The Balaban J connectivity index is 1.40. The second-order valence-corrected chi connectivity index (χ2v) is 17.1. The van der Waals surface area contributed by atoms with Gasteiger partial charge in [-0.25, -0.2) is 29.5 Å². The molecule has 0 saturated carbocycles. The predicted octanol–water partition coefficient (Wildman–Crippen LogP) is 6.90. The lowest BCUT2D eigenvalue weighted by Crippen LogP contribution is -2.32. The second kappa shape index (κ2) is 19.0. The van der Waals surface area contributed by atoms with E-state index in [-0.39, 0.29) is 52.2 Å². The third-order valence-corrected chi connectivity index (χ3v) is 12.6. The van der Waals surface area contributed by atoms with Crippen molar-refractivity contribution in [3.63, 3.8) is 0 Å². The average Bonchev–Trinajstić information content (AvgIpc) is 4.01. The van der Waals surface area contributed by atoms with Crippen LogP contribution in [0.4, 0.5) is 11.9 Å². The highest BCUT2D eigenvalue weighted by Crippen LogP contribution is 2.39. The van der Waals surface area contributed by atoms with E-state index in [0.29, 0.717) is 68.1 Å². The molecular formula is C42H49N9O9S2. The van der Waals surface area contributed by atoms with E-state index in [0.717, 1.165) is 39.1 Å². The fraction of sp³-hybridized carbons (Fsp3) is 0.429. The molecule has 1 fully saturated rings. The number of aromatic carboxylic acids is 2. The standard InChI is InChI=1S/C42H49N9O9S2/c1-7-27-35(61-22(3)43-27)37(52)47-41-45-29-18-25(39(54)55)20-31(58-6)33(29)50(41)24(5)51-34-30(46-42(51)48-38(53)36-28(8-2)44-23(4)62-36)19-26(40(56)57)21-32(34)60-16-11-13-49-12-9-10-15-59-17-14-49/h18-21,24H,7-17H2,1-6H3,(H,54,55)(H,56,57)(H,45,47,52)(H,46,48,53). The van der Waals surface area contributed by atoms with E-state index in [1.165, 1.54) is 54.0 Å². The molecule has 0 bridgehead atoms. The zero-order valence-corrected chi connectivity index (χ0v) is 37.0. The highest BCUT2D eigenvalue weighted by atomic mass is 32.1. The van der Waals surface area contributed by atoms with Crippen LogP contribution < -0.4 is 20.1 Å². The molecule has 7 rings (SSSR count). The summed E-state index contributed by atoms with van der Waals surface area (Å²) in [7, 11) is 1.40. The molecule has 2 aromatic carbocycles. The summed E-state index contributed by atoms with van der Waals surface area (Å²) >= 11 is 2.47. The van der Waals surface area contributed by atoms with Crippen LogP contribution in [-0.4, -0.2) is 115 Å². The van der Waals surface area contributed by atoms with Crippen LogP contribution in [0.25, 0.3) is 22.1 Å². The number of nitrogens with one attached hydrogen (secondary N) is 2. The Hall–Kier alpha value is -5.96. The Morgan fingerprint density at radius 3 is 1.82 bits per heavy atom. The van der Waals surface area contributed by atoms with E-state index < -0.39 is 29.9 Å². The number of ether oxygens (including phenoxy) is 3. The number of aryl methyl sites for hydroxylation is 4. The number of carboxylic acids is 2. The number of hydrogen-bond donors (Lipinski definition) is 4. The molecule has 1 unspecified atom stereocenters. The number of hydrogen-bond acceptors (Lipinski definition) is 14. The number of nitrogens with zero attached hydrogens (tertiary/aromatic N) is 7. The maximum absolute atomic E-state index is 14.2. The Bertz CT molecular complexity index is 2660. The zero-order chi connectivity index (χ0) is 44.2. The highest BCUT2D eigenvalue weighted by Gasteiger charge is 2.31. The number of carboxylic acid groups (broad SMARTS) is 2. The van der Waals surface area contributed by atoms with Crippen molar-refractivity contribution < 1.29 is 43.6 Å². The van der Waals surface area contributed by atoms with Crippen LogP contribution in [0.5, 0.6) is 11.5 Å². The highest BCUT2D eigenvalue weighted by molar-refractivity contribution is 7.14. The van der Waals surface area contributed by atoms with E-state index in [9.17, 15) is 29.4 Å². The van der Waals surface area contributed by atoms with Crippen molar-refractivity contribution in [1.82, 2.24) is 34.0 Å². The first-order chi connectivity index (χ1) is 29.8. The van der Waals surface area contributed by atoms with Gasteiger partial charge in [-0.3, -0.25) is 29.4 Å². The topological polar surface area (TPSA) is 225 Å². The Morgan fingerprint density at radius 1 is 0.774 bits per heavy atom.